The van der Waals surface area contributed by atoms with E-state index in [1.165, 1.54) is 6.07 Å². The molecule has 0 aliphatic rings. The average Bonchev–Trinajstić information content (AvgIpc) is 3.13. The molecule has 0 atom stereocenters. The fraction of sp³-hybridized carbons (Fsp3) is 0.192. The van der Waals surface area contributed by atoms with Crippen LogP contribution in [0, 0.1) is 19.7 Å². The molecule has 0 aliphatic carbocycles. The summed E-state index contributed by atoms with van der Waals surface area (Å²) in [4.78, 5) is 16.7. The Labute approximate surface area is 192 Å². The van der Waals surface area contributed by atoms with E-state index in [1.807, 2.05) is 56.3 Å². The molecule has 2 aromatic carbocycles. The van der Waals surface area contributed by atoms with Crippen LogP contribution in [0.25, 0.3) is 5.69 Å². The first-order valence-electron chi connectivity index (χ1n) is 10.8. The lowest BCUT2D eigenvalue weighted by Crippen LogP contribution is -2.23. The zero-order valence-electron chi connectivity index (χ0n) is 18.6. The van der Waals surface area contributed by atoms with Crippen LogP contribution < -0.4 is 10.1 Å². The molecule has 4 rings (SSSR count). The van der Waals surface area contributed by atoms with Gasteiger partial charge in [-0.15, -0.1) is 0 Å². The molecule has 0 bridgehead atoms. The highest BCUT2D eigenvalue weighted by Gasteiger charge is 2.21. The Morgan fingerprint density at radius 1 is 1.03 bits per heavy atom. The number of carbonyl (C=O) groups excluding carboxylic acids is 1. The molecule has 0 aliphatic heterocycles. The Balaban J connectivity index is 1.59. The third-order valence-corrected chi connectivity index (χ3v) is 5.32. The second kappa shape index (κ2) is 10.1. The largest absolute Gasteiger partial charge is 0.436 e. The number of hydrogen-bond donors (Lipinski definition) is 1. The van der Waals surface area contributed by atoms with Gasteiger partial charge in [-0.3, -0.25) is 9.78 Å². The fourth-order valence-corrected chi connectivity index (χ4v) is 3.55. The van der Waals surface area contributed by atoms with Gasteiger partial charge < -0.3 is 10.1 Å². The Bertz CT molecular complexity index is 1250. The lowest BCUT2D eigenvalue weighted by atomic mass is 10.1. The Kier molecular flexibility index (Phi) is 6.78. The molecule has 4 aromatic rings. The van der Waals surface area contributed by atoms with Crippen LogP contribution in [0.3, 0.4) is 0 Å². The summed E-state index contributed by atoms with van der Waals surface area (Å²) >= 11 is 0. The predicted molar refractivity (Wildman–Crippen MR) is 124 cm³/mol. The molecule has 0 radical (unpaired) electrons. The van der Waals surface area contributed by atoms with E-state index >= 15 is 0 Å². The van der Waals surface area contributed by atoms with Crippen molar-refractivity contribution in [3.05, 3.63) is 101 Å². The van der Waals surface area contributed by atoms with Crippen LogP contribution in [0.15, 0.2) is 72.9 Å². The summed E-state index contributed by atoms with van der Waals surface area (Å²) in [5, 5.41) is 7.55. The number of hydrogen-bond acceptors (Lipinski definition) is 4. The van der Waals surface area contributed by atoms with Crippen molar-refractivity contribution >= 4 is 5.91 Å². The molecule has 1 N–H and O–H groups in total. The zero-order chi connectivity index (χ0) is 23.2. The molecule has 7 heteroatoms. The van der Waals surface area contributed by atoms with Crippen molar-refractivity contribution in [2.75, 3.05) is 0 Å². The molecule has 1 amide bonds. The topological polar surface area (TPSA) is 69.0 Å². The highest BCUT2D eigenvalue weighted by atomic mass is 19.1. The van der Waals surface area contributed by atoms with Crippen LogP contribution in [0.1, 0.15) is 28.9 Å². The van der Waals surface area contributed by atoms with Crippen molar-refractivity contribution in [1.82, 2.24) is 20.1 Å². The minimum absolute atomic E-state index is 0.105. The maximum Gasteiger partial charge on any atom is 0.226 e. The Morgan fingerprint density at radius 3 is 2.55 bits per heavy atom. The second-order valence-electron chi connectivity index (χ2n) is 7.70. The average molecular weight is 445 g/mol. The highest BCUT2D eigenvalue weighted by molar-refractivity contribution is 5.76. The first-order valence-corrected chi connectivity index (χ1v) is 10.8. The van der Waals surface area contributed by atoms with E-state index in [2.05, 4.69) is 15.4 Å². The van der Waals surface area contributed by atoms with Gasteiger partial charge in [-0.25, -0.2) is 4.39 Å². The van der Waals surface area contributed by atoms with E-state index in [4.69, 9.17) is 4.74 Å². The quantitative estimate of drug-likeness (QED) is 0.412. The van der Waals surface area contributed by atoms with E-state index in [9.17, 15) is 9.18 Å². The van der Waals surface area contributed by atoms with Crippen LogP contribution in [-0.4, -0.2) is 20.7 Å². The van der Waals surface area contributed by atoms with Crippen molar-refractivity contribution in [3.8, 4) is 17.3 Å². The summed E-state index contributed by atoms with van der Waals surface area (Å²) in [6.45, 7) is 4.20. The number of para-hydroxylation sites is 2. The third kappa shape index (κ3) is 5.26. The molecule has 168 valence electrons. The van der Waals surface area contributed by atoms with E-state index in [0.717, 1.165) is 28.2 Å². The van der Waals surface area contributed by atoms with Crippen molar-refractivity contribution in [2.45, 2.75) is 33.2 Å². The number of nitrogens with zero attached hydrogens (tertiary/aromatic N) is 3. The van der Waals surface area contributed by atoms with Crippen LogP contribution in [0.4, 0.5) is 4.39 Å². The van der Waals surface area contributed by atoms with Crippen LogP contribution >= 0.6 is 0 Å². The van der Waals surface area contributed by atoms with E-state index in [0.29, 0.717) is 18.8 Å². The van der Waals surface area contributed by atoms with Gasteiger partial charge in [-0.2, -0.15) is 9.78 Å². The van der Waals surface area contributed by atoms with Gasteiger partial charge >= 0.3 is 0 Å². The first-order chi connectivity index (χ1) is 16.0. The fourth-order valence-electron chi connectivity index (χ4n) is 3.55. The molecule has 0 fully saturated rings. The molecule has 0 saturated heterocycles. The SMILES string of the molecule is Cc1ccccc1-n1nc(C)c(CCC(=O)NCc2ccccn2)c1Oc1ccccc1F. The molecular weight excluding hydrogens is 419 g/mol. The Hall–Kier alpha value is -4.00. The van der Waals surface area contributed by atoms with E-state index in [1.54, 1.807) is 29.1 Å². The molecule has 0 spiro atoms. The minimum atomic E-state index is -0.466. The van der Waals surface area contributed by atoms with Gasteiger partial charge in [0.25, 0.3) is 0 Å². The second-order valence-corrected chi connectivity index (χ2v) is 7.70. The summed E-state index contributed by atoms with van der Waals surface area (Å²) in [6.07, 6.45) is 2.33. The predicted octanol–water partition coefficient (Wildman–Crippen LogP) is 5.06. The summed E-state index contributed by atoms with van der Waals surface area (Å²) < 4.78 is 22.1. The summed E-state index contributed by atoms with van der Waals surface area (Å²) in [6, 6.07) is 19.6. The number of halogens is 1. The summed E-state index contributed by atoms with van der Waals surface area (Å²) in [5.41, 5.74) is 4.10. The highest BCUT2D eigenvalue weighted by Crippen LogP contribution is 2.33. The number of pyridine rings is 1. The van der Waals surface area contributed by atoms with Crippen molar-refractivity contribution in [3.63, 3.8) is 0 Å². The van der Waals surface area contributed by atoms with E-state index < -0.39 is 5.82 Å². The van der Waals surface area contributed by atoms with Gasteiger partial charge in [0.15, 0.2) is 11.6 Å². The van der Waals surface area contributed by atoms with Crippen molar-refractivity contribution < 1.29 is 13.9 Å². The van der Waals surface area contributed by atoms with Gasteiger partial charge in [-0.1, -0.05) is 36.4 Å². The van der Waals surface area contributed by atoms with Gasteiger partial charge in [0.1, 0.15) is 0 Å². The van der Waals surface area contributed by atoms with Crippen LogP contribution in [-0.2, 0) is 17.8 Å². The number of aryl methyl sites for hydroxylation is 2. The molecular formula is C26H25FN4O2. The van der Waals surface area contributed by atoms with Crippen molar-refractivity contribution in [1.29, 1.82) is 0 Å². The van der Waals surface area contributed by atoms with Gasteiger partial charge in [0.2, 0.25) is 11.8 Å². The number of aromatic nitrogens is 3. The molecule has 6 nitrogen and oxygen atoms in total. The van der Waals surface area contributed by atoms with E-state index in [-0.39, 0.29) is 18.1 Å². The van der Waals surface area contributed by atoms with Gasteiger partial charge in [-0.05, 0) is 56.2 Å². The monoisotopic (exact) mass is 444 g/mol. The maximum absolute atomic E-state index is 14.4. The van der Waals surface area contributed by atoms with Gasteiger partial charge in [0, 0.05) is 18.2 Å². The number of nitrogens with one attached hydrogen (secondary N) is 1. The summed E-state index contributed by atoms with van der Waals surface area (Å²) in [7, 11) is 0. The van der Waals surface area contributed by atoms with Crippen molar-refractivity contribution in [2.24, 2.45) is 0 Å². The molecule has 0 saturated carbocycles. The molecule has 2 heterocycles. The number of amides is 1. The molecule has 0 unspecified atom stereocenters. The number of benzene rings is 2. The maximum atomic E-state index is 14.4. The Morgan fingerprint density at radius 2 is 1.79 bits per heavy atom. The van der Waals surface area contributed by atoms with Crippen LogP contribution in [0.5, 0.6) is 11.6 Å². The number of carbonyl (C=O) groups is 1. The minimum Gasteiger partial charge on any atom is -0.436 e. The summed E-state index contributed by atoms with van der Waals surface area (Å²) in [5.74, 6) is -0.0650. The molecule has 33 heavy (non-hydrogen) atoms. The normalized spacial score (nSPS) is 10.8. The lowest BCUT2D eigenvalue weighted by molar-refractivity contribution is -0.121. The lowest BCUT2D eigenvalue weighted by Gasteiger charge is -2.13. The smallest absolute Gasteiger partial charge is 0.226 e. The van der Waals surface area contributed by atoms with Crippen LogP contribution in [0.2, 0.25) is 0 Å². The van der Waals surface area contributed by atoms with Gasteiger partial charge in [0.05, 0.1) is 23.6 Å². The number of ether oxygens (including phenoxy) is 1. The standard InChI is InChI=1S/C26H25FN4O2/c1-18-9-3-5-12-23(18)31-26(33-24-13-6-4-11-22(24)27)21(19(2)30-31)14-15-25(32)29-17-20-10-7-8-16-28-20/h3-13,16H,14-15,17H2,1-2H3,(H,29,32). The third-order valence-electron chi connectivity index (χ3n) is 5.32. The number of rotatable bonds is 8. The molecule has 2 aromatic heterocycles. The zero-order valence-corrected chi connectivity index (χ0v) is 18.6. The first kappa shape index (κ1) is 22.2.